The first-order valence-electron chi connectivity index (χ1n) is 5.75. The van der Waals surface area contributed by atoms with Gasteiger partial charge < -0.3 is 10.0 Å². The van der Waals surface area contributed by atoms with E-state index in [4.69, 9.17) is 0 Å². The average molecular weight is 212 g/mol. The standard InChI is InChI=1S/C11H20N2O2/c1-8-5-12(2)10(7-14)11(15)13(6-8)9-3-4-9/h8-10,14H,3-7H2,1-2H3. The van der Waals surface area contributed by atoms with E-state index in [1.165, 1.54) is 0 Å². The Hall–Kier alpha value is -0.610. The van der Waals surface area contributed by atoms with Gasteiger partial charge in [0.2, 0.25) is 5.91 Å². The van der Waals surface area contributed by atoms with E-state index in [1.54, 1.807) is 0 Å². The van der Waals surface area contributed by atoms with E-state index in [2.05, 4.69) is 6.92 Å². The van der Waals surface area contributed by atoms with E-state index in [0.717, 1.165) is 25.9 Å². The van der Waals surface area contributed by atoms with Gasteiger partial charge in [-0.1, -0.05) is 6.92 Å². The lowest BCUT2D eigenvalue weighted by atomic mass is 10.1. The van der Waals surface area contributed by atoms with Gasteiger partial charge in [-0.05, 0) is 25.8 Å². The molecule has 2 aliphatic rings. The molecule has 1 amide bonds. The fourth-order valence-electron chi connectivity index (χ4n) is 2.41. The van der Waals surface area contributed by atoms with Gasteiger partial charge in [0.1, 0.15) is 6.04 Å². The van der Waals surface area contributed by atoms with Gasteiger partial charge in [0.05, 0.1) is 6.61 Å². The minimum Gasteiger partial charge on any atom is -0.394 e. The molecule has 1 saturated heterocycles. The zero-order chi connectivity index (χ0) is 11.0. The van der Waals surface area contributed by atoms with E-state index in [9.17, 15) is 9.90 Å². The van der Waals surface area contributed by atoms with Gasteiger partial charge in [0.25, 0.3) is 0 Å². The van der Waals surface area contributed by atoms with Gasteiger partial charge in [-0.15, -0.1) is 0 Å². The summed E-state index contributed by atoms with van der Waals surface area (Å²) in [5.74, 6) is 0.614. The molecule has 1 aliphatic heterocycles. The molecule has 1 N–H and O–H groups in total. The Morgan fingerprint density at radius 2 is 2.07 bits per heavy atom. The SMILES string of the molecule is CC1CN(C)C(CO)C(=O)N(C2CC2)C1. The maximum absolute atomic E-state index is 12.1. The molecule has 1 saturated carbocycles. The first-order valence-corrected chi connectivity index (χ1v) is 5.75. The van der Waals surface area contributed by atoms with Crippen LogP contribution in [0.5, 0.6) is 0 Å². The van der Waals surface area contributed by atoms with Crippen molar-refractivity contribution in [2.75, 3.05) is 26.7 Å². The lowest BCUT2D eigenvalue weighted by Crippen LogP contribution is -2.47. The number of aliphatic hydroxyl groups is 1. The average Bonchev–Trinajstić information content (AvgIpc) is 2.97. The Morgan fingerprint density at radius 3 is 2.60 bits per heavy atom. The lowest BCUT2D eigenvalue weighted by molar-refractivity contribution is -0.136. The highest BCUT2D eigenvalue weighted by Crippen LogP contribution is 2.30. The monoisotopic (exact) mass is 212 g/mol. The van der Waals surface area contributed by atoms with Gasteiger partial charge in [0.15, 0.2) is 0 Å². The largest absolute Gasteiger partial charge is 0.394 e. The van der Waals surface area contributed by atoms with Crippen LogP contribution in [-0.4, -0.2) is 59.6 Å². The topological polar surface area (TPSA) is 43.8 Å². The van der Waals surface area contributed by atoms with Crippen molar-refractivity contribution in [3.05, 3.63) is 0 Å². The van der Waals surface area contributed by atoms with E-state index >= 15 is 0 Å². The number of rotatable bonds is 2. The van der Waals surface area contributed by atoms with Crippen molar-refractivity contribution in [3.8, 4) is 0 Å². The third-order valence-electron chi connectivity index (χ3n) is 3.37. The van der Waals surface area contributed by atoms with Crippen molar-refractivity contribution in [1.29, 1.82) is 0 Å². The van der Waals surface area contributed by atoms with Crippen LogP contribution in [0.4, 0.5) is 0 Å². The normalized spacial score (nSPS) is 34.3. The Kier molecular flexibility index (Phi) is 2.98. The maximum Gasteiger partial charge on any atom is 0.242 e. The number of carbonyl (C=O) groups is 1. The van der Waals surface area contributed by atoms with Crippen molar-refractivity contribution in [1.82, 2.24) is 9.80 Å². The number of hydrogen-bond acceptors (Lipinski definition) is 3. The number of aliphatic hydroxyl groups excluding tert-OH is 1. The van der Waals surface area contributed by atoms with Crippen LogP contribution in [0.15, 0.2) is 0 Å². The lowest BCUT2D eigenvalue weighted by Gasteiger charge is -2.26. The smallest absolute Gasteiger partial charge is 0.242 e. The Labute approximate surface area is 90.9 Å². The fraction of sp³-hybridized carbons (Fsp3) is 0.909. The molecule has 15 heavy (non-hydrogen) atoms. The van der Waals surface area contributed by atoms with Gasteiger partial charge >= 0.3 is 0 Å². The van der Waals surface area contributed by atoms with Crippen LogP contribution in [0.3, 0.4) is 0 Å². The molecular weight excluding hydrogens is 192 g/mol. The molecule has 2 fully saturated rings. The number of carbonyl (C=O) groups excluding carboxylic acids is 1. The first kappa shape index (κ1) is 10.9. The molecule has 86 valence electrons. The molecule has 0 aromatic heterocycles. The molecule has 0 spiro atoms. The second-order valence-corrected chi connectivity index (χ2v) is 4.96. The molecule has 4 heteroatoms. The Balaban J connectivity index is 2.14. The second-order valence-electron chi connectivity index (χ2n) is 4.96. The van der Waals surface area contributed by atoms with Crippen molar-refractivity contribution in [3.63, 3.8) is 0 Å². The summed E-state index contributed by atoms with van der Waals surface area (Å²) in [4.78, 5) is 16.1. The van der Waals surface area contributed by atoms with Gasteiger partial charge in [-0.2, -0.15) is 0 Å². The molecule has 0 radical (unpaired) electrons. The molecule has 0 bridgehead atoms. The van der Waals surface area contributed by atoms with Crippen LogP contribution < -0.4 is 0 Å². The molecule has 2 rings (SSSR count). The van der Waals surface area contributed by atoms with E-state index in [1.807, 2.05) is 16.8 Å². The maximum atomic E-state index is 12.1. The second kappa shape index (κ2) is 4.10. The van der Waals surface area contributed by atoms with Crippen molar-refractivity contribution in [2.24, 2.45) is 5.92 Å². The summed E-state index contributed by atoms with van der Waals surface area (Å²) in [6, 6.07) is 0.135. The summed E-state index contributed by atoms with van der Waals surface area (Å²) < 4.78 is 0. The predicted octanol–water partition coefficient (Wildman–Crippen LogP) is -0.0802. The van der Waals surface area contributed by atoms with Gasteiger partial charge in [0, 0.05) is 19.1 Å². The van der Waals surface area contributed by atoms with Gasteiger partial charge in [-0.3, -0.25) is 9.69 Å². The van der Waals surface area contributed by atoms with Crippen LogP contribution in [0.1, 0.15) is 19.8 Å². The number of nitrogens with zero attached hydrogens (tertiary/aromatic N) is 2. The van der Waals surface area contributed by atoms with Crippen LogP contribution in [0.2, 0.25) is 0 Å². The third-order valence-corrected chi connectivity index (χ3v) is 3.37. The molecule has 2 atom stereocenters. The highest BCUT2D eigenvalue weighted by molar-refractivity contribution is 5.83. The zero-order valence-electron chi connectivity index (χ0n) is 9.52. The highest BCUT2D eigenvalue weighted by Gasteiger charge is 2.39. The van der Waals surface area contributed by atoms with Crippen molar-refractivity contribution >= 4 is 5.91 Å². The van der Waals surface area contributed by atoms with E-state index < -0.39 is 0 Å². The molecule has 2 unspecified atom stereocenters. The van der Waals surface area contributed by atoms with Crippen LogP contribution in [0, 0.1) is 5.92 Å². The quantitative estimate of drug-likeness (QED) is 0.696. The summed E-state index contributed by atoms with van der Waals surface area (Å²) in [5, 5.41) is 9.27. The summed E-state index contributed by atoms with van der Waals surface area (Å²) in [5.41, 5.74) is 0. The van der Waals surface area contributed by atoms with Crippen LogP contribution in [-0.2, 0) is 4.79 Å². The summed E-state index contributed by atoms with van der Waals surface area (Å²) in [7, 11) is 1.92. The first-order chi connectivity index (χ1) is 7.13. The number of hydrogen-bond donors (Lipinski definition) is 1. The third kappa shape index (κ3) is 2.16. The van der Waals surface area contributed by atoms with E-state index in [0.29, 0.717) is 12.0 Å². The molecular formula is C11H20N2O2. The van der Waals surface area contributed by atoms with Crippen LogP contribution >= 0.6 is 0 Å². The molecule has 0 aromatic rings. The minimum absolute atomic E-state index is 0.0642. The molecule has 1 heterocycles. The van der Waals surface area contributed by atoms with Crippen molar-refractivity contribution < 1.29 is 9.90 Å². The fourth-order valence-corrected chi connectivity index (χ4v) is 2.41. The summed E-state index contributed by atoms with van der Waals surface area (Å²) in [6.07, 6.45) is 2.28. The summed E-state index contributed by atoms with van der Waals surface area (Å²) in [6.45, 7) is 3.84. The van der Waals surface area contributed by atoms with E-state index in [-0.39, 0.29) is 18.6 Å². The summed E-state index contributed by atoms with van der Waals surface area (Å²) >= 11 is 0. The molecule has 0 aromatic carbocycles. The predicted molar refractivity (Wildman–Crippen MR) is 57.4 cm³/mol. The van der Waals surface area contributed by atoms with Crippen LogP contribution in [0.25, 0.3) is 0 Å². The Bertz CT molecular complexity index is 253. The number of amides is 1. The van der Waals surface area contributed by atoms with Crippen molar-refractivity contribution in [2.45, 2.75) is 31.8 Å². The number of likely N-dealkylation sites (N-methyl/N-ethyl adjacent to an activating group) is 1. The molecule has 4 nitrogen and oxygen atoms in total. The zero-order valence-corrected chi connectivity index (χ0v) is 9.52. The highest BCUT2D eigenvalue weighted by atomic mass is 16.3. The minimum atomic E-state index is -0.324. The Morgan fingerprint density at radius 1 is 1.40 bits per heavy atom. The molecule has 1 aliphatic carbocycles. The van der Waals surface area contributed by atoms with Gasteiger partial charge in [-0.25, -0.2) is 0 Å².